The highest BCUT2D eigenvalue weighted by Gasteiger charge is 2.46. The Kier molecular flexibility index (Phi) is 13.2. The average Bonchev–Trinajstić information content (AvgIpc) is 4.02. The van der Waals surface area contributed by atoms with Crippen LogP contribution >= 0.6 is 0 Å². The predicted octanol–water partition coefficient (Wildman–Crippen LogP) is 8.32. The van der Waals surface area contributed by atoms with E-state index in [0.29, 0.717) is 47.6 Å². The Morgan fingerprint density at radius 2 is 1.68 bits per heavy atom. The maximum atomic E-state index is 13.8. The summed E-state index contributed by atoms with van der Waals surface area (Å²) < 4.78 is 46.8. The second-order valence-electron chi connectivity index (χ2n) is 18.7. The number of amides is 2. The molecule has 1 aliphatic carbocycles. The van der Waals surface area contributed by atoms with Gasteiger partial charge in [0.2, 0.25) is 5.95 Å². The quantitative estimate of drug-likeness (QED) is 0.0721. The number of nitrogens with one attached hydrogen (secondary N) is 2. The molecule has 1 fully saturated rings. The third kappa shape index (κ3) is 9.72. The van der Waals surface area contributed by atoms with E-state index in [1.165, 1.54) is 0 Å². The predicted molar refractivity (Wildman–Crippen MR) is 243 cm³/mol. The molecule has 0 spiro atoms. The first-order valence-electron chi connectivity index (χ1n) is 21.9. The molecule has 4 aromatic heterocycles. The zero-order valence-electron chi connectivity index (χ0n) is 37.8. The Morgan fingerprint density at radius 3 is 2.37 bits per heavy atom. The number of carbonyl (C=O) groups is 1. The van der Waals surface area contributed by atoms with E-state index in [1.807, 2.05) is 47.0 Å². The first kappa shape index (κ1) is 45.2. The number of hydrogen-bond acceptors (Lipinski definition) is 11. The van der Waals surface area contributed by atoms with Crippen LogP contribution < -0.4 is 20.3 Å². The lowest BCUT2D eigenvalue weighted by molar-refractivity contribution is 0.171. The number of benzene rings is 1. The summed E-state index contributed by atoms with van der Waals surface area (Å²) in [5.41, 5.74) is 5.41. The van der Waals surface area contributed by atoms with E-state index in [4.69, 9.17) is 18.4 Å². The van der Waals surface area contributed by atoms with Gasteiger partial charge in [-0.15, -0.1) is 10.2 Å². The molecular formula is C44H64N10O6SSi. The largest absolute Gasteiger partial charge is 0.484 e. The lowest BCUT2D eigenvalue weighted by Gasteiger charge is -2.43. The number of urea groups is 1. The summed E-state index contributed by atoms with van der Waals surface area (Å²) in [4.78, 5) is 16.1. The number of aromatic nitrogens is 7. The maximum Gasteiger partial charge on any atom is 0.320 e. The molecule has 3 atom stereocenters. The van der Waals surface area contributed by atoms with Crippen LogP contribution in [0.3, 0.4) is 0 Å². The molecule has 2 aliphatic rings. The molecule has 1 saturated heterocycles. The zero-order valence-corrected chi connectivity index (χ0v) is 39.6. The van der Waals surface area contributed by atoms with Crippen LogP contribution in [0.25, 0.3) is 11.3 Å². The molecular weight excluding hydrogens is 825 g/mol. The molecule has 5 aromatic rings. The molecule has 0 bridgehead atoms. The summed E-state index contributed by atoms with van der Waals surface area (Å²) in [6, 6.07) is 13.5. The maximum absolute atomic E-state index is 13.8. The summed E-state index contributed by atoms with van der Waals surface area (Å²) in [7, 11) is -5.60. The van der Waals surface area contributed by atoms with Crippen molar-refractivity contribution in [2.24, 2.45) is 0 Å². The highest BCUT2D eigenvalue weighted by atomic mass is 32.2. The SMILES string of the molecule is CC(C)[Si](OC[C@@H]1CCCN1c1nnc2ccc(O[C@@H]3CC[C@H](NC(=O)Nc4cc(C(C)(C)C)nn4-c4cnn(CCOS(C)(=O)=O)c4)c4ccccc43)cn12)(C(C)C)C(C)C. The third-order valence-electron chi connectivity index (χ3n) is 12.4. The van der Waals surface area contributed by atoms with Gasteiger partial charge in [0, 0.05) is 18.0 Å². The number of ether oxygens (including phenoxy) is 1. The molecule has 2 N–H and O–H groups in total. The Labute approximate surface area is 367 Å². The minimum atomic E-state index is -3.57. The van der Waals surface area contributed by atoms with E-state index in [1.54, 1.807) is 21.8 Å². The fourth-order valence-electron chi connectivity index (χ4n) is 9.54. The van der Waals surface area contributed by atoms with Gasteiger partial charge in [-0.3, -0.25) is 18.6 Å². The van der Waals surface area contributed by atoms with Crippen molar-refractivity contribution in [1.82, 2.24) is 39.5 Å². The van der Waals surface area contributed by atoms with E-state index in [9.17, 15) is 13.2 Å². The number of nitrogens with zero attached hydrogens (tertiary/aromatic N) is 8. The normalized spacial score (nSPS) is 18.6. The molecule has 1 aromatic carbocycles. The van der Waals surface area contributed by atoms with Crippen molar-refractivity contribution in [3.8, 4) is 11.4 Å². The van der Waals surface area contributed by atoms with E-state index >= 15 is 0 Å². The van der Waals surface area contributed by atoms with E-state index < -0.39 is 18.4 Å². The van der Waals surface area contributed by atoms with Gasteiger partial charge in [0.25, 0.3) is 10.1 Å². The van der Waals surface area contributed by atoms with Crippen LogP contribution in [-0.4, -0.2) is 89.0 Å². The molecule has 0 unspecified atom stereocenters. The van der Waals surface area contributed by atoms with Crippen LogP contribution in [0.5, 0.6) is 5.75 Å². The number of rotatable bonds is 16. The van der Waals surface area contributed by atoms with Gasteiger partial charge in [0.05, 0.1) is 62.4 Å². The minimum Gasteiger partial charge on any atom is -0.484 e. The van der Waals surface area contributed by atoms with Crippen LogP contribution in [0.1, 0.15) is 117 Å². The van der Waals surface area contributed by atoms with Crippen molar-refractivity contribution in [1.29, 1.82) is 0 Å². The van der Waals surface area contributed by atoms with Crippen LogP contribution in [0.4, 0.5) is 16.6 Å². The summed E-state index contributed by atoms with van der Waals surface area (Å²) in [6.07, 6.45) is 9.59. The average molecular weight is 889 g/mol. The molecule has 0 radical (unpaired) electrons. The second kappa shape index (κ2) is 18.1. The Bertz CT molecular complexity index is 2430. The van der Waals surface area contributed by atoms with Crippen molar-refractivity contribution < 1.29 is 26.6 Å². The van der Waals surface area contributed by atoms with Gasteiger partial charge < -0.3 is 19.4 Å². The first-order chi connectivity index (χ1) is 29.3. The van der Waals surface area contributed by atoms with E-state index in [2.05, 4.69) is 99.2 Å². The molecule has 336 valence electrons. The highest BCUT2D eigenvalue weighted by molar-refractivity contribution is 7.85. The molecule has 2 amide bonds. The fourth-order valence-corrected chi connectivity index (χ4v) is 15.4. The fraction of sp³-hybridized carbons (Fsp3) is 0.568. The lowest BCUT2D eigenvalue weighted by atomic mass is 9.85. The van der Waals surface area contributed by atoms with Gasteiger partial charge in [-0.2, -0.15) is 18.6 Å². The standard InChI is InChI=1S/C44H64N10O6SSi/c1-29(2)62(30(3)4,31(5)6)59-28-32-14-13-21-52(32)43-49-48-40-20-17-34(27-53(40)43)60-38-19-18-37(35-15-11-12-16-36(35)38)46-42(55)47-41-24-39(44(7,8)9)50-54(41)33-25-45-51(26-33)22-23-58-61(10,56)57/h11-12,15-17,20,24-27,29-32,37-38H,13-14,18-19,21-23,28H2,1-10H3,(H2,46,47,55)/t32-,37-,38+/m0/s1. The van der Waals surface area contributed by atoms with Gasteiger partial charge in [-0.05, 0) is 65.6 Å². The molecule has 62 heavy (non-hydrogen) atoms. The minimum absolute atomic E-state index is 0.0557. The highest BCUT2D eigenvalue weighted by Crippen LogP contribution is 2.43. The first-order valence-corrected chi connectivity index (χ1v) is 25.9. The van der Waals surface area contributed by atoms with Crippen LogP contribution in [-0.2, 0) is 30.7 Å². The smallest absolute Gasteiger partial charge is 0.320 e. The molecule has 7 rings (SSSR count). The van der Waals surface area contributed by atoms with Gasteiger partial charge in [-0.25, -0.2) is 9.48 Å². The van der Waals surface area contributed by atoms with Crippen LogP contribution in [0.15, 0.2) is 61.1 Å². The molecule has 5 heterocycles. The number of fused-ring (bicyclic) bond motifs is 2. The van der Waals surface area contributed by atoms with Crippen molar-refractivity contribution in [2.45, 2.75) is 135 Å². The third-order valence-corrected chi connectivity index (χ3v) is 19.1. The summed E-state index contributed by atoms with van der Waals surface area (Å²) >= 11 is 0. The topological polar surface area (TPSA) is 172 Å². The van der Waals surface area contributed by atoms with E-state index in [0.717, 1.165) is 59.8 Å². The van der Waals surface area contributed by atoms with Gasteiger partial charge in [-0.1, -0.05) is 86.6 Å². The molecule has 1 aliphatic heterocycles. The van der Waals surface area contributed by atoms with Crippen LogP contribution in [0, 0.1) is 0 Å². The Hall–Kier alpha value is -4.78. The number of anilines is 2. The summed E-state index contributed by atoms with van der Waals surface area (Å²) in [5, 5.41) is 24.6. The van der Waals surface area contributed by atoms with Gasteiger partial charge >= 0.3 is 6.03 Å². The second-order valence-corrected chi connectivity index (χ2v) is 25.8. The van der Waals surface area contributed by atoms with Crippen molar-refractivity contribution in [2.75, 3.05) is 36.2 Å². The van der Waals surface area contributed by atoms with Crippen molar-refractivity contribution in [3.05, 3.63) is 77.9 Å². The van der Waals surface area contributed by atoms with Crippen molar-refractivity contribution in [3.63, 3.8) is 0 Å². The number of hydrogen-bond donors (Lipinski definition) is 2. The molecule has 18 heteroatoms. The number of pyridine rings is 1. The summed E-state index contributed by atoms with van der Waals surface area (Å²) in [5.74, 6) is 2.00. The van der Waals surface area contributed by atoms with Gasteiger partial charge in [0.1, 0.15) is 23.4 Å². The Balaban J connectivity index is 1.04. The number of carbonyl (C=O) groups excluding carboxylic acids is 1. The summed E-state index contributed by atoms with van der Waals surface area (Å²) in [6.45, 7) is 21.9. The lowest BCUT2D eigenvalue weighted by Crippen LogP contribution is -2.50. The van der Waals surface area contributed by atoms with Crippen LogP contribution in [0.2, 0.25) is 16.6 Å². The molecule has 16 nitrogen and oxygen atoms in total. The van der Waals surface area contributed by atoms with Crippen molar-refractivity contribution >= 4 is 41.9 Å². The monoisotopic (exact) mass is 888 g/mol. The van der Waals surface area contributed by atoms with Gasteiger partial charge in [0.15, 0.2) is 14.0 Å². The zero-order chi connectivity index (χ0) is 44.6. The Morgan fingerprint density at radius 1 is 0.952 bits per heavy atom. The molecule has 0 saturated carbocycles. The van der Waals surface area contributed by atoms with E-state index in [-0.39, 0.29) is 42.8 Å².